The summed E-state index contributed by atoms with van der Waals surface area (Å²) in [5, 5.41) is 48.4. The SMILES string of the molecule is Cn1nc(N)[n+](C)n1.Cn1nc(N)[n+](C)n1.N(=N\c1nnn[n-]1)/c1nnn[n-]1.O.O.O.O.O.O. The van der Waals surface area contributed by atoms with E-state index >= 15 is 0 Å². The van der Waals surface area contributed by atoms with Crippen LogP contribution in [0.4, 0.5) is 23.8 Å². The van der Waals surface area contributed by atoms with E-state index in [1.54, 1.807) is 28.2 Å². The van der Waals surface area contributed by atoms with Gasteiger partial charge >= 0.3 is 11.9 Å². The Bertz CT molecular complexity index is 875. The summed E-state index contributed by atoms with van der Waals surface area (Å²) in [4.78, 5) is 2.82. The first kappa shape index (κ1) is 39.7. The summed E-state index contributed by atoms with van der Waals surface area (Å²) in [6, 6.07) is 0. The predicted octanol–water partition coefficient (Wildman–Crippen LogP) is -10.1. The standard InChI is InChI=1S/2C3H8N5.C2N10.6H2O/c2*1-7-3(4)5-8(2)6-7;3(1-5-9-10-6-1)4-2-7-11-12-8-2;;;;;;/h2*1-2H3,(H2,4,5,6);;6*1H2/q2*+1;-2;;;;;;/b;;4-3+;;;;;;. The molecule has 0 radical (unpaired) electrons. The smallest absolute Gasteiger partial charge is 0.395 e. The number of rotatable bonds is 2. The molecule has 0 aliphatic carbocycles. The molecule has 0 saturated heterocycles. The predicted molar refractivity (Wildman–Crippen MR) is 105 cm³/mol. The van der Waals surface area contributed by atoms with E-state index in [-0.39, 0.29) is 44.8 Å². The minimum Gasteiger partial charge on any atom is -0.412 e. The highest BCUT2D eigenvalue weighted by atomic mass is 16.0. The number of hydrogen-bond donors (Lipinski definition) is 2. The summed E-state index contributed by atoms with van der Waals surface area (Å²) in [6.45, 7) is 0. The zero-order valence-corrected chi connectivity index (χ0v) is 18.2. The lowest BCUT2D eigenvalue weighted by Gasteiger charge is -1.91. The normalized spacial score (nSPS) is 8.47. The number of hydrogen-bond acceptors (Lipinski definition) is 14. The third-order valence-electron chi connectivity index (χ3n) is 2.53. The summed E-state index contributed by atoms with van der Waals surface area (Å²) in [6.07, 6.45) is 0. The van der Waals surface area contributed by atoms with Gasteiger partial charge in [0.1, 0.15) is 26.0 Å². The molecule has 4 rings (SSSR count). The van der Waals surface area contributed by atoms with Crippen LogP contribution in [-0.4, -0.2) is 94.1 Å². The van der Waals surface area contributed by atoms with E-state index in [0.29, 0.717) is 11.9 Å². The maximum atomic E-state index is 5.31. The minimum absolute atomic E-state index is 0. The molecular weight excluding hydrogens is 472 g/mol. The summed E-state index contributed by atoms with van der Waals surface area (Å²) >= 11 is 0. The molecule has 0 fully saturated rings. The van der Waals surface area contributed by atoms with Crippen LogP contribution in [0.5, 0.6) is 0 Å². The first-order valence-electron chi connectivity index (χ1n) is 7.20. The van der Waals surface area contributed by atoms with Crippen molar-refractivity contribution in [2.75, 3.05) is 11.5 Å². The van der Waals surface area contributed by atoms with Crippen molar-refractivity contribution in [3.8, 4) is 0 Å². The Hall–Kier alpha value is -4.76. The third kappa shape index (κ3) is 12.8. The van der Waals surface area contributed by atoms with Crippen LogP contribution in [0.15, 0.2) is 10.2 Å². The van der Waals surface area contributed by atoms with Gasteiger partial charge < -0.3 is 44.3 Å². The first-order valence-corrected chi connectivity index (χ1v) is 7.20. The molecule has 26 nitrogen and oxygen atoms in total. The fraction of sp³-hybridized carbons (Fsp3) is 0.500. The zero-order valence-electron chi connectivity index (χ0n) is 18.2. The minimum atomic E-state index is 0. The molecule has 0 amide bonds. The summed E-state index contributed by atoms with van der Waals surface area (Å²) in [5.41, 5.74) is 10.6. The van der Waals surface area contributed by atoms with Crippen molar-refractivity contribution in [2.45, 2.75) is 0 Å². The van der Waals surface area contributed by atoms with E-state index in [2.05, 4.69) is 72.1 Å². The Kier molecular flexibility index (Phi) is 22.1. The van der Waals surface area contributed by atoms with Crippen LogP contribution in [0.25, 0.3) is 0 Å². The molecule has 4 aromatic heterocycles. The molecule has 0 bridgehead atoms. The molecule has 0 saturated carbocycles. The number of azo groups is 1. The van der Waals surface area contributed by atoms with E-state index in [4.69, 9.17) is 11.5 Å². The number of aryl methyl sites for hydroxylation is 4. The fourth-order valence-electron chi connectivity index (χ4n) is 1.40. The van der Waals surface area contributed by atoms with Crippen LogP contribution in [0.3, 0.4) is 0 Å². The third-order valence-corrected chi connectivity index (χ3v) is 2.53. The van der Waals surface area contributed by atoms with Crippen molar-refractivity contribution in [3.05, 3.63) is 0 Å². The van der Waals surface area contributed by atoms with E-state index in [1.165, 1.54) is 19.0 Å². The average Bonchev–Trinajstić information content (AvgIpc) is 3.41. The van der Waals surface area contributed by atoms with Gasteiger partial charge in [-0.15, -0.1) is 19.8 Å². The van der Waals surface area contributed by atoms with Crippen LogP contribution >= 0.6 is 0 Å². The molecule has 26 heteroatoms. The van der Waals surface area contributed by atoms with Gasteiger partial charge in [-0.2, -0.15) is 10.4 Å². The van der Waals surface area contributed by atoms with Gasteiger partial charge in [0.15, 0.2) is 0 Å². The lowest BCUT2D eigenvalue weighted by molar-refractivity contribution is -0.719. The number of nitrogens with two attached hydrogens (primary N) is 2. The highest BCUT2D eigenvalue weighted by molar-refractivity contribution is 5.10. The molecule has 0 unspecified atom stereocenters. The molecular formula is C8H28N20O6. The van der Waals surface area contributed by atoms with Crippen molar-refractivity contribution < 1.29 is 42.2 Å². The summed E-state index contributed by atoms with van der Waals surface area (Å²) < 4.78 is 3.00. The van der Waals surface area contributed by atoms with Crippen LogP contribution in [0.1, 0.15) is 0 Å². The highest BCUT2D eigenvalue weighted by Crippen LogP contribution is 2.03. The fourth-order valence-corrected chi connectivity index (χ4v) is 1.40. The van der Waals surface area contributed by atoms with E-state index in [0.717, 1.165) is 0 Å². The number of tetrazole rings is 4. The van der Waals surface area contributed by atoms with Gasteiger partial charge in [0.05, 0.1) is 24.3 Å². The molecule has 196 valence electrons. The van der Waals surface area contributed by atoms with Gasteiger partial charge in [0.25, 0.3) is 0 Å². The van der Waals surface area contributed by atoms with Crippen molar-refractivity contribution in [1.82, 2.24) is 71.5 Å². The van der Waals surface area contributed by atoms with Crippen LogP contribution in [-0.2, 0) is 28.2 Å². The zero-order chi connectivity index (χ0) is 20.5. The topological polar surface area (TPSA) is 440 Å². The Labute approximate surface area is 188 Å². The highest BCUT2D eigenvalue weighted by Gasteiger charge is 2.04. The molecule has 4 heterocycles. The van der Waals surface area contributed by atoms with Crippen LogP contribution in [0, 0.1) is 0 Å². The molecule has 0 aromatic carbocycles. The maximum Gasteiger partial charge on any atom is 0.395 e. The molecule has 34 heavy (non-hydrogen) atoms. The largest absolute Gasteiger partial charge is 0.412 e. The van der Waals surface area contributed by atoms with Gasteiger partial charge in [-0.05, 0) is 0 Å². The van der Waals surface area contributed by atoms with Gasteiger partial charge in [0, 0.05) is 10.4 Å². The summed E-state index contributed by atoms with van der Waals surface area (Å²) in [7, 11) is 6.91. The van der Waals surface area contributed by atoms with E-state index < -0.39 is 0 Å². The molecule has 0 aliphatic heterocycles. The second-order valence-corrected chi connectivity index (χ2v) is 4.68. The van der Waals surface area contributed by atoms with Crippen LogP contribution < -0.4 is 31.0 Å². The van der Waals surface area contributed by atoms with Crippen molar-refractivity contribution >= 4 is 23.8 Å². The molecule has 0 aliphatic rings. The first-order chi connectivity index (χ1) is 13.3. The Morgan fingerprint density at radius 3 is 1.15 bits per heavy atom. The Morgan fingerprint density at radius 2 is 1.00 bits per heavy atom. The maximum absolute atomic E-state index is 5.31. The van der Waals surface area contributed by atoms with E-state index in [9.17, 15) is 0 Å². The second-order valence-electron chi connectivity index (χ2n) is 4.68. The number of anilines is 2. The molecule has 16 N–H and O–H groups in total. The van der Waals surface area contributed by atoms with Gasteiger partial charge in [-0.1, -0.05) is 9.59 Å². The van der Waals surface area contributed by atoms with Gasteiger partial charge in [0.2, 0.25) is 0 Å². The van der Waals surface area contributed by atoms with Crippen molar-refractivity contribution in [3.63, 3.8) is 0 Å². The Balaban J connectivity index is -0.000000117. The van der Waals surface area contributed by atoms with Gasteiger partial charge in [-0.25, -0.2) is 10.2 Å². The lowest BCUT2D eigenvalue weighted by atomic mass is 11.0. The van der Waals surface area contributed by atoms with Crippen molar-refractivity contribution in [2.24, 2.45) is 38.4 Å². The van der Waals surface area contributed by atoms with Gasteiger partial charge in [-0.3, -0.25) is 20.4 Å². The molecule has 0 atom stereocenters. The number of aromatic nitrogens is 16. The van der Waals surface area contributed by atoms with Crippen molar-refractivity contribution in [1.29, 1.82) is 0 Å². The van der Waals surface area contributed by atoms with E-state index in [1.807, 2.05) is 0 Å². The quantitative estimate of drug-likeness (QED) is 0.190. The Morgan fingerprint density at radius 1 is 0.676 bits per heavy atom. The average molecular weight is 500 g/mol. The number of nitrogens with zero attached hydrogens (tertiary/aromatic N) is 18. The number of nitrogen functional groups attached to an aromatic ring is 2. The summed E-state index contributed by atoms with van der Waals surface area (Å²) in [5.74, 6) is 0.930. The molecule has 4 aromatic rings. The second kappa shape index (κ2) is 19.0. The molecule has 0 spiro atoms. The lowest BCUT2D eigenvalue weighted by Crippen LogP contribution is -2.33. The monoisotopic (exact) mass is 500 g/mol. The van der Waals surface area contributed by atoms with Crippen LogP contribution in [0.2, 0.25) is 0 Å².